The molecule has 0 aliphatic heterocycles. The zero-order valence-corrected chi connectivity index (χ0v) is 15.8. The van der Waals surface area contributed by atoms with Crippen LogP contribution in [0.15, 0.2) is 58.2 Å². The third-order valence-electron chi connectivity index (χ3n) is 3.66. The van der Waals surface area contributed by atoms with Crippen molar-refractivity contribution >= 4 is 45.9 Å². The number of halogens is 2. The highest BCUT2D eigenvalue weighted by atomic mass is 35.5. The number of benzene rings is 2. The van der Waals surface area contributed by atoms with Crippen molar-refractivity contribution in [2.75, 3.05) is 12.4 Å². The van der Waals surface area contributed by atoms with Gasteiger partial charge in [0.2, 0.25) is 5.56 Å². The van der Waals surface area contributed by atoms with Crippen LogP contribution < -0.4 is 10.3 Å². The highest BCUT2D eigenvalue weighted by molar-refractivity contribution is 7.99. The van der Waals surface area contributed by atoms with Crippen LogP contribution in [0.3, 0.4) is 0 Å². The van der Waals surface area contributed by atoms with Gasteiger partial charge in [-0.15, -0.1) is 11.8 Å². The largest absolute Gasteiger partial charge is 0.494 e. The molecule has 0 amide bonds. The molecule has 25 heavy (non-hydrogen) atoms. The van der Waals surface area contributed by atoms with Gasteiger partial charge in [0.1, 0.15) is 5.75 Å². The van der Waals surface area contributed by atoms with Crippen LogP contribution in [-0.4, -0.2) is 17.3 Å². The summed E-state index contributed by atoms with van der Waals surface area (Å²) in [5.74, 6) is 1.82. The van der Waals surface area contributed by atoms with Gasteiger partial charge in [0, 0.05) is 21.9 Å². The molecule has 0 aliphatic rings. The van der Waals surface area contributed by atoms with Gasteiger partial charge in [0.25, 0.3) is 0 Å². The van der Waals surface area contributed by atoms with E-state index in [4.69, 9.17) is 27.9 Å². The zero-order valence-electron chi connectivity index (χ0n) is 13.4. The molecule has 3 aromatic rings. The topological polar surface area (TPSA) is 42.1 Å². The van der Waals surface area contributed by atoms with E-state index in [1.807, 2.05) is 36.4 Å². The number of ether oxygens (including phenoxy) is 1. The van der Waals surface area contributed by atoms with Gasteiger partial charge in [-0.1, -0.05) is 23.2 Å². The second-order valence-electron chi connectivity index (χ2n) is 5.55. The molecule has 1 aromatic heterocycles. The summed E-state index contributed by atoms with van der Waals surface area (Å²) in [5, 5.41) is 2.14. The van der Waals surface area contributed by atoms with E-state index in [0.29, 0.717) is 16.7 Å². The van der Waals surface area contributed by atoms with Crippen LogP contribution in [0.2, 0.25) is 10.0 Å². The van der Waals surface area contributed by atoms with Crippen LogP contribution in [0.5, 0.6) is 5.75 Å². The van der Waals surface area contributed by atoms with Gasteiger partial charge in [-0.25, -0.2) is 0 Å². The van der Waals surface area contributed by atoms with E-state index in [0.717, 1.165) is 40.1 Å². The number of pyridine rings is 1. The molecule has 0 spiro atoms. The van der Waals surface area contributed by atoms with Crippen molar-refractivity contribution in [3.63, 3.8) is 0 Å². The molecule has 6 heteroatoms. The first-order chi connectivity index (χ1) is 12.1. The van der Waals surface area contributed by atoms with Crippen LogP contribution in [0.25, 0.3) is 10.9 Å². The standard InChI is InChI=1S/C19H17Cl2NO2S/c20-16-6-5-15(12-17(16)21)25-10-2-1-9-24-14-4-7-18-13(11-14)3-8-19(23)22-18/h3-8,11-12H,1-2,9-10H2,(H,22,23). The van der Waals surface area contributed by atoms with Crippen LogP contribution in [0.4, 0.5) is 0 Å². The molecule has 1 heterocycles. The second kappa shape index (κ2) is 8.65. The van der Waals surface area contributed by atoms with Crippen molar-refractivity contribution in [1.29, 1.82) is 0 Å². The number of aromatic amines is 1. The molecule has 0 bridgehead atoms. The van der Waals surface area contributed by atoms with Gasteiger partial charge < -0.3 is 9.72 Å². The summed E-state index contributed by atoms with van der Waals surface area (Å²) in [6.07, 6.45) is 2.02. The van der Waals surface area contributed by atoms with Gasteiger partial charge in [0.15, 0.2) is 0 Å². The summed E-state index contributed by atoms with van der Waals surface area (Å²) >= 11 is 13.7. The quantitative estimate of drug-likeness (QED) is 0.408. The summed E-state index contributed by atoms with van der Waals surface area (Å²) in [7, 11) is 0. The molecule has 130 valence electrons. The smallest absolute Gasteiger partial charge is 0.248 e. The normalized spacial score (nSPS) is 11.0. The number of thioether (sulfide) groups is 1. The number of hydrogen-bond donors (Lipinski definition) is 1. The van der Waals surface area contributed by atoms with Crippen LogP contribution >= 0.6 is 35.0 Å². The Morgan fingerprint density at radius 1 is 0.960 bits per heavy atom. The highest BCUT2D eigenvalue weighted by Crippen LogP contribution is 2.28. The molecule has 0 fully saturated rings. The molecule has 0 saturated carbocycles. The van der Waals surface area contributed by atoms with Gasteiger partial charge in [0.05, 0.1) is 16.7 Å². The van der Waals surface area contributed by atoms with E-state index in [-0.39, 0.29) is 5.56 Å². The van der Waals surface area contributed by atoms with Gasteiger partial charge in [-0.2, -0.15) is 0 Å². The number of nitrogens with one attached hydrogen (secondary N) is 1. The average molecular weight is 394 g/mol. The maximum atomic E-state index is 11.3. The molecule has 3 nitrogen and oxygen atoms in total. The SMILES string of the molecule is O=c1ccc2cc(OCCCCSc3ccc(Cl)c(Cl)c3)ccc2[nH]1. The fraction of sp³-hybridized carbons (Fsp3) is 0.211. The molecule has 0 radical (unpaired) electrons. The summed E-state index contributed by atoms with van der Waals surface area (Å²) < 4.78 is 5.79. The number of unbranched alkanes of at least 4 members (excludes halogenated alkanes) is 1. The Morgan fingerprint density at radius 2 is 1.84 bits per heavy atom. The molecule has 0 saturated heterocycles. The van der Waals surface area contributed by atoms with Crippen LogP contribution in [0.1, 0.15) is 12.8 Å². The van der Waals surface area contributed by atoms with Gasteiger partial charge >= 0.3 is 0 Å². The number of rotatable bonds is 7. The minimum absolute atomic E-state index is 0.0966. The second-order valence-corrected chi connectivity index (χ2v) is 7.53. The molecule has 0 aliphatic carbocycles. The molecule has 3 rings (SSSR count). The van der Waals surface area contributed by atoms with Crippen LogP contribution in [0, 0.1) is 0 Å². The fourth-order valence-corrected chi connectivity index (χ4v) is 3.69. The Labute approximate surface area is 160 Å². The zero-order chi connectivity index (χ0) is 17.6. The van der Waals surface area contributed by atoms with Crippen molar-refractivity contribution < 1.29 is 4.74 Å². The van der Waals surface area contributed by atoms with Gasteiger partial charge in [-0.05, 0) is 61.1 Å². The van der Waals surface area contributed by atoms with Crippen molar-refractivity contribution in [1.82, 2.24) is 4.98 Å². The summed E-state index contributed by atoms with van der Waals surface area (Å²) in [4.78, 5) is 15.2. The molecule has 1 N–H and O–H groups in total. The molecule has 0 atom stereocenters. The van der Waals surface area contributed by atoms with Crippen LogP contribution in [-0.2, 0) is 0 Å². The lowest BCUT2D eigenvalue weighted by Gasteiger charge is -2.07. The average Bonchev–Trinajstić information content (AvgIpc) is 2.61. The number of aromatic nitrogens is 1. The maximum Gasteiger partial charge on any atom is 0.248 e. The Balaban J connectivity index is 1.41. The third-order valence-corrected chi connectivity index (χ3v) is 5.48. The van der Waals surface area contributed by atoms with Crippen molar-refractivity contribution in [3.05, 3.63) is 68.9 Å². The van der Waals surface area contributed by atoms with E-state index in [9.17, 15) is 4.79 Å². The molecular formula is C19H17Cl2NO2S. The Bertz CT molecular complexity index is 927. The van der Waals surface area contributed by atoms with Crippen molar-refractivity contribution in [2.24, 2.45) is 0 Å². The first kappa shape index (κ1) is 18.2. The first-order valence-electron chi connectivity index (χ1n) is 7.95. The number of H-pyrrole nitrogens is 1. The molecule has 2 aromatic carbocycles. The Morgan fingerprint density at radius 3 is 2.68 bits per heavy atom. The van der Waals surface area contributed by atoms with Crippen molar-refractivity contribution in [3.8, 4) is 5.75 Å². The number of fused-ring (bicyclic) bond motifs is 1. The third kappa shape index (κ3) is 5.18. The Kier molecular flexibility index (Phi) is 6.29. The summed E-state index contributed by atoms with van der Waals surface area (Å²) in [6.45, 7) is 0.663. The minimum atomic E-state index is -0.0966. The van der Waals surface area contributed by atoms with E-state index in [1.54, 1.807) is 17.8 Å². The van der Waals surface area contributed by atoms with E-state index in [2.05, 4.69) is 4.98 Å². The monoisotopic (exact) mass is 393 g/mol. The lowest BCUT2D eigenvalue weighted by atomic mass is 10.2. The number of hydrogen-bond acceptors (Lipinski definition) is 3. The fourth-order valence-electron chi connectivity index (χ4n) is 2.37. The summed E-state index contributed by atoms with van der Waals surface area (Å²) in [5.41, 5.74) is 0.721. The molecule has 0 unspecified atom stereocenters. The van der Waals surface area contributed by atoms with Crippen molar-refractivity contribution in [2.45, 2.75) is 17.7 Å². The van der Waals surface area contributed by atoms with E-state index in [1.165, 1.54) is 6.07 Å². The van der Waals surface area contributed by atoms with Gasteiger partial charge in [-0.3, -0.25) is 4.79 Å². The lowest BCUT2D eigenvalue weighted by molar-refractivity contribution is 0.310. The minimum Gasteiger partial charge on any atom is -0.494 e. The predicted octanol–water partition coefficient (Wildman–Crippen LogP) is 5.79. The summed E-state index contributed by atoms with van der Waals surface area (Å²) in [6, 6.07) is 14.7. The van der Waals surface area contributed by atoms with E-state index >= 15 is 0 Å². The Hall–Kier alpha value is -1.62. The molecular weight excluding hydrogens is 377 g/mol. The lowest BCUT2D eigenvalue weighted by Crippen LogP contribution is -2.02. The van der Waals surface area contributed by atoms with E-state index < -0.39 is 0 Å². The maximum absolute atomic E-state index is 11.3. The highest BCUT2D eigenvalue weighted by Gasteiger charge is 2.01. The predicted molar refractivity (Wildman–Crippen MR) is 106 cm³/mol. The first-order valence-corrected chi connectivity index (χ1v) is 9.70.